The third kappa shape index (κ3) is 3.64. The maximum Gasteiger partial charge on any atom is 0.306 e. The number of amides is 1. The van der Waals surface area contributed by atoms with Crippen LogP contribution in [0.5, 0.6) is 0 Å². The predicted octanol–water partition coefficient (Wildman–Crippen LogP) is 3.61. The van der Waals surface area contributed by atoms with E-state index in [-0.39, 0.29) is 23.7 Å². The first-order valence-corrected chi connectivity index (χ1v) is 8.85. The third-order valence-electron chi connectivity index (χ3n) is 5.17. The van der Waals surface area contributed by atoms with Crippen molar-refractivity contribution >= 4 is 11.9 Å². The Morgan fingerprint density at radius 3 is 2.31 bits per heavy atom. The van der Waals surface area contributed by atoms with Gasteiger partial charge in [-0.2, -0.15) is 0 Å². The van der Waals surface area contributed by atoms with E-state index in [0.29, 0.717) is 31.2 Å². The largest absolute Gasteiger partial charge is 0.481 e. The minimum atomic E-state index is -0.752. The van der Waals surface area contributed by atoms with E-state index in [1.165, 1.54) is 12.1 Å². The van der Waals surface area contributed by atoms with E-state index in [9.17, 15) is 14.0 Å². The highest BCUT2D eigenvalue weighted by Gasteiger charge is 2.27. The van der Waals surface area contributed by atoms with Crippen molar-refractivity contribution in [2.45, 2.75) is 45.6 Å². The average Bonchev–Trinajstić information content (AvgIpc) is 2.91. The molecule has 1 aliphatic rings. The summed E-state index contributed by atoms with van der Waals surface area (Å²) in [5.41, 5.74) is 3.09. The number of carboxylic acids is 1. The number of aromatic nitrogens is 1. The number of hydrogen-bond acceptors (Lipinski definition) is 2. The molecule has 0 spiro atoms. The Morgan fingerprint density at radius 2 is 1.73 bits per heavy atom. The zero-order valence-corrected chi connectivity index (χ0v) is 15.0. The Bertz CT molecular complexity index is 818. The van der Waals surface area contributed by atoms with Crippen LogP contribution in [0.2, 0.25) is 0 Å². The first-order valence-electron chi connectivity index (χ1n) is 8.85. The van der Waals surface area contributed by atoms with Crippen molar-refractivity contribution in [1.29, 1.82) is 0 Å². The number of rotatable bonds is 4. The zero-order valence-electron chi connectivity index (χ0n) is 15.0. The average molecular weight is 358 g/mol. The van der Waals surface area contributed by atoms with Crippen molar-refractivity contribution < 1.29 is 19.1 Å². The molecule has 0 bridgehead atoms. The lowest BCUT2D eigenvalue weighted by Gasteiger charge is -2.26. The minimum Gasteiger partial charge on any atom is -0.481 e. The van der Waals surface area contributed by atoms with Crippen LogP contribution in [0.4, 0.5) is 4.39 Å². The molecule has 1 aromatic carbocycles. The molecule has 1 heterocycles. The summed E-state index contributed by atoms with van der Waals surface area (Å²) in [6, 6.07) is 8.00. The van der Waals surface area contributed by atoms with Crippen LogP contribution in [0.15, 0.2) is 30.3 Å². The maximum absolute atomic E-state index is 13.2. The Morgan fingerprint density at radius 1 is 1.12 bits per heavy atom. The fourth-order valence-electron chi connectivity index (χ4n) is 3.73. The minimum absolute atomic E-state index is 0.00646. The van der Waals surface area contributed by atoms with Crippen LogP contribution < -0.4 is 5.32 Å². The molecule has 1 amide bonds. The highest BCUT2D eigenvalue weighted by atomic mass is 19.1. The van der Waals surface area contributed by atoms with E-state index >= 15 is 0 Å². The van der Waals surface area contributed by atoms with Gasteiger partial charge in [0.25, 0.3) is 5.91 Å². The predicted molar refractivity (Wildman–Crippen MR) is 96.0 cm³/mol. The van der Waals surface area contributed by atoms with Crippen LogP contribution in [0, 0.1) is 25.6 Å². The van der Waals surface area contributed by atoms with Gasteiger partial charge in [0.05, 0.1) is 11.5 Å². The maximum atomic E-state index is 13.2. The molecule has 0 saturated heterocycles. The Balaban J connectivity index is 1.74. The first-order chi connectivity index (χ1) is 12.4. The number of aliphatic carboxylic acids is 1. The van der Waals surface area contributed by atoms with Crippen LogP contribution in [0.3, 0.4) is 0 Å². The second kappa shape index (κ2) is 7.32. The van der Waals surface area contributed by atoms with Crippen LogP contribution >= 0.6 is 0 Å². The van der Waals surface area contributed by atoms with Gasteiger partial charge >= 0.3 is 5.97 Å². The van der Waals surface area contributed by atoms with E-state index in [0.717, 1.165) is 17.1 Å². The normalized spacial score (nSPS) is 20.0. The number of benzene rings is 1. The number of aryl methyl sites for hydroxylation is 1. The second-order valence-corrected chi connectivity index (χ2v) is 6.96. The first kappa shape index (κ1) is 18.2. The molecule has 0 aliphatic heterocycles. The van der Waals surface area contributed by atoms with E-state index in [2.05, 4.69) is 5.32 Å². The van der Waals surface area contributed by atoms with E-state index in [1.807, 2.05) is 24.5 Å². The summed E-state index contributed by atoms with van der Waals surface area (Å²) in [6.07, 6.45) is 2.54. The quantitative estimate of drug-likeness (QED) is 0.877. The summed E-state index contributed by atoms with van der Waals surface area (Å²) in [7, 11) is 0. The fourth-order valence-corrected chi connectivity index (χ4v) is 3.73. The molecule has 2 aromatic rings. The zero-order chi connectivity index (χ0) is 18.8. The number of halogens is 1. The van der Waals surface area contributed by atoms with E-state index in [4.69, 9.17) is 5.11 Å². The molecule has 5 nitrogen and oxygen atoms in total. The number of nitrogens with zero attached hydrogens (tertiary/aromatic N) is 1. The molecule has 6 heteroatoms. The molecular weight excluding hydrogens is 335 g/mol. The molecule has 3 rings (SSSR count). The highest BCUT2D eigenvalue weighted by Crippen LogP contribution is 2.26. The molecule has 138 valence electrons. The van der Waals surface area contributed by atoms with Crippen LogP contribution in [-0.2, 0) is 4.79 Å². The summed E-state index contributed by atoms with van der Waals surface area (Å²) >= 11 is 0. The second-order valence-electron chi connectivity index (χ2n) is 6.96. The molecule has 26 heavy (non-hydrogen) atoms. The molecule has 0 radical (unpaired) electrons. The van der Waals surface area contributed by atoms with Gasteiger partial charge in [-0.15, -0.1) is 0 Å². The summed E-state index contributed by atoms with van der Waals surface area (Å²) in [4.78, 5) is 23.7. The van der Waals surface area contributed by atoms with Gasteiger partial charge in [-0.25, -0.2) is 4.39 Å². The van der Waals surface area contributed by atoms with Gasteiger partial charge < -0.3 is 15.0 Å². The molecule has 1 fully saturated rings. The molecule has 2 N–H and O–H groups in total. The summed E-state index contributed by atoms with van der Waals surface area (Å²) in [6.45, 7) is 3.78. The van der Waals surface area contributed by atoms with Gasteiger partial charge in [0.1, 0.15) is 5.82 Å². The number of carboxylic acid groups (broad SMARTS) is 1. The Hall–Kier alpha value is -2.63. The fraction of sp³-hybridized carbons (Fsp3) is 0.400. The monoisotopic (exact) mass is 358 g/mol. The summed E-state index contributed by atoms with van der Waals surface area (Å²) < 4.78 is 15.1. The van der Waals surface area contributed by atoms with Crippen LogP contribution in [0.1, 0.15) is 47.4 Å². The van der Waals surface area contributed by atoms with Crippen LogP contribution in [0.25, 0.3) is 5.69 Å². The molecular formula is C20H23FN2O3. The van der Waals surface area contributed by atoms with Crippen molar-refractivity contribution in [1.82, 2.24) is 9.88 Å². The van der Waals surface area contributed by atoms with Crippen molar-refractivity contribution in [3.05, 3.63) is 53.1 Å². The van der Waals surface area contributed by atoms with Crippen molar-refractivity contribution in [3.8, 4) is 5.69 Å². The molecule has 0 unspecified atom stereocenters. The van der Waals surface area contributed by atoms with E-state index < -0.39 is 5.97 Å². The van der Waals surface area contributed by atoms with Gasteiger partial charge in [0.2, 0.25) is 0 Å². The van der Waals surface area contributed by atoms with Crippen molar-refractivity contribution in [2.24, 2.45) is 5.92 Å². The summed E-state index contributed by atoms with van der Waals surface area (Å²) in [5.74, 6) is -1.50. The summed E-state index contributed by atoms with van der Waals surface area (Å²) in [5, 5.41) is 12.1. The number of carbonyl (C=O) groups excluding carboxylic acids is 1. The number of nitrogens with one attached hydrogen (secondary N) is 1. The molecule has 0 atom stereocenters. The third-order valence-corrected chi connectivity index (χ3v) is 5.17. The lowest BCUT2D eigenvalue weighted by Crippen LogP contribution is -2.38. The van der Waals surface area contributed by atoms with Crippen molar-refractivity contribution in [3.63, 3.8) is 0 Å². The van der Waals surface area contributed by atoms with Crippen LogP contribution in [-0.4, -0.2) is 27.6 Å². The Kier molecular flexibility index (Phi) is 5.11. The van der Waals surface area contributed by atoms with Gasteiger partial charge in [0, 0.05) is 23.1 Å². The van der Waals surface area contributed by atoms with Gasteiger partial charge in [-0.1, -0.05) is 0 Å². The molecule has 1 saturated carbocycles. The smallest absolute Gasteiger partial charge is 0.306 e. The number of carbonyl (C=O) groups is 2. The standard InChI is InChI=1S/C20H23FN2O3/c1-12-11-18(13(2)23(12)17-9-5-15(21)6-10-17)19(24)22-16-7-3-14(4-8-16)20(25)26/h5-6,9-11,14,16H,3-4,7-8H2,1-2H3,(H,22,24)(H,25,26). The molecule has 1 aromatic heterocycles. The number of hydrogen-bond donors (Lipinski definition) is 2. The lowest BCUT2D eigenvalue weighted by atomic mass is 9.86. The SMILES string of the molecule is Cc1cc(C(=O)NC2CCC(C(=O)O)CC2)c(C)n1-c1ccc(F)cc1. The Labute approximate surface area is 151 Å². The highest BCUT2D eigenvalue weighted by molar-refractivity contribution is 5.96. The lowest BCUT2D eigenvalue weighted by molar-refractivity contribution is -0.142. The molecule has 1 aliphatic carbocycles. The van der Waals surface area contributed by atoms with E-state index in [1.54, 1.807) is 12.1 Å². The van der Waals surface area contributed by atoms with Gasteiger partial charge in [0.15, 0.2) is 0 Å². The topological polar surface area (TPSA) is 71.3 Å². The van der Waals surface area contributed by atoms with Crippen molar-refractivity contribution in [2.75, 3.05) is 0 Å². The van der Waals surface area contributed by atoms with Gasteiger partial charge in [-0.05, 0) is 69.9 Å². The van der Waals surface area contributed by atoms with Gasteiger partial charge in [-0.3, -0.25) is 9.59 Å².